The first-order chi connectivity index (χ1) is 13.6. The van der Waals surface area contributed by atoms with Crippen molar-refractivity contribution in [2.24, 2.45) is 12.0 Å². The molecule has 1 aromatic heterocycles. The smallest absolute Gasteiger partial charge is 0.191 e. The lowest BCUT2D eigenvalue weighted by Gasteiger charge is -2.27. The summed E-state index contributed by atoms with van der Waals surface area (Å²) in [6, 6.07) is 3.56. The molecule has 2 unspecified atom stereocenters. The number of guanidine groups is 1. The van der Waals surface area contributed by atoms with Gasteiger partial charge in [-0.05, 0) is 59.0 Å². The SMILES string of the molecule is CN=C(NCC(c1c(F)cccc1F)N(C)C)NC(C)Cc1c(C)nn(C)c1C.I. The summed E-state index contributed by atoms with van der Waals surface area (Å²) in [4.78, 5) is 6.04. The Labute approximate surface area is 195 Å². The number of benzene rings is 1. The predicted octanol–water partition coefficient (Wildman–Crippen LogP) is 3.33. The zero-order valence-corrected chi connectivity index (χ0v) is 21.1. The standard InChI is InChI=1S/C21H32F2N6.HI/c1-13(11-16-14(2)27-29(7)15(16)3)26-21(24-4)25-12-19(28(5)6)20-17(22)9-8-10-18(20)23;/h8-10,13,19H,11-12H2,1-7H3,(H2,24,25,26);1H. The minimum atomic E-state index is -0.552. The fraction of sp³-hybridized carbons (Fsp3) is 0.524. The lowest BCUT2D eigenvalue weighted by atomic mass is 10.0. The second kappa shape index (κ2) is 11.6. The van der Waals surface area contributed by atoms with Gasteiger partial charge in [0.15, 0.2) is 5.96 Å². The summed E-state index contributed by atoms with van der Waals surface area (Å²) in [5.74, 6) is -0.519. The number of likely N-dealkylation sites (N-methyl/N-ethyl adjacent to an activating group) is 1. The molecule has 6 nitrogen and oxygen atoms in total. The average molecular weight is 534 g/mol. The Bertz CT molecular complexity index is 845. The van der Waals surface area contributed by atoms with Gasteiger partial charge in [-0.3, -0.25) is 9.67 Å². The van der Waals surface area contributed by atoms with E-state index >= 15 is 0 Å². The molecule has 0 aliphatic carbocycles. The first-order valence-corrected chi connectivity index (χ1v) is 9.72. The van der Waals surface area contributed by atoms with Gasteiger partial charge in [0.25, 0.3) is 0 Å². The molecule has 0 aliphatic heterocycles. The van der Waals surface area contributed by atoms with Crippen LogP contribution in [-0.2, 0) is 13.5 Å². The van der Waals surface area contributed by atoms with E-state index in [1.165, 1.54) is 23.8 Å². The molecule has 9 heteroatoms. The third-order valence-corrected chi connectivity index (χ3v) is 5.20. The van der Waals surface area contributed by atoms with Crippen molar-refractivity contribution in [3.05, 3.63) is 52.3 Å². The number of nitrogens with one attached hydrogen (secondary N) is 2. The molecule has 0 spiro atoms. The Kier molecular flexibility index (Phi) is 10.2. The molecular weight excluding hydrogens is 501 g/mol. The van der Waals surface area contributed by atoms with Crippen LogP contribution in [-0.4, -0.2) is 54.4 Å². The van der Waals surface area contributed by atoms with Crippen molar-refractivity contribution >= 4 is 29.9 Å². The molecular formula is C21H33F2IN6. The van der Waals surface area contributed by atoms with Gasteiger partial charge in [0.2, 0.25) is 0 Å². The van der Waals surface area contributed by atoms with Crippen LogP contribution in [0.4, 0.5) is 8.78 Å². The number of aromatic nitrogens is 2. The zero-order chi connectivity index (χ0) is 21.7. The summed E-state index contributed by atoms with van der Waals surface area (Å²) in [5.41, 5.74) is 3.42. The third-order valence-electron chi connectivity index (χ3n) is 5.20. The summed E-state index contributed by atoms with van der Waals surface area (Å²) in [6.45, 7) is 6.44. The Balaban J connectivity index is 0.00000450. The van der Waals surface area contributed by atoms with Crippen molar-refractivity contribution in [3.63, 3.8) is 0 Å². The second-order valence-corrected chi connectivity index (χ2v) is 7.59. The summed E-state index contributed by atoms with van der Waals surface area (Å²) in [6.07, 6.45) is 0.797. The van der Waals surface area contributed by atoms with Crippen LogP contribution in [0.25, 0.3) is 0 Å². The van der Waals surface area contributed by atoms with E-state index in [1.54, 1.807) is 26.0 Å². The van der Waals surface area contributed by atoms with E-state index in [0.29, 0.717) is 12.5 Å². The number of hydrogen-bond acceptors (Lipinski definition) is 3. The van der Waals surface area contributed by atoms with Gasteiger partial charge in [-0.25, -0.2) is 8.78 Å². The third kappa shape index (κ3) is 6.37. The van der Waals surface area contributed by atoms with E-state index in [9.17, 15) is 8.78 Å². The molecule has 2 N–H and O–H groups in total. The zero-order valence-electron chi connectivity index (χ0n) is 18.8. The van der Waals surface area contributed by atoms with Crippen LogP contribution in [0.2, 0.25) is 0 Å². The maximum absolute atomic E-state index is 14.2. The Morgan fingerprint density at radius 1 is 1.23 bits per heavy atom. The molecule has 2 rings (SSSR count). The highest BCUT2D eigenvalue weighted by Gasteiger charge is 2.23. The van der Waals surface area contributed by atoms with Crippen molar-refractivity contribution < 1.29 is 8.78 Å². The quantitative estimate of drug-likeness (QED) is 0.325. The van der Waals surface area contributed by atoms with Gasteiger partial charge >= 0.3 is 0 Å². The summed E-state index contributed by atoms with van der Waals surface area (Å²) in [5, 5.41) is 11.0. The van der Waals surface area contributed by atoms with Crippen LogP contribution in [0.15, 0.2) is 23.2 Å². The minimum absolute atomic E-state index is 0. The highest BCUT2D eigenvalue weighted by molar-refractivity contribution is 14.0. The van der Waals surface area contributed by atoms with E-state index in [1.807, 2.05) is 18.7 Å². The topological polar surface area (TPSA) is 57.5 Å². The Hall–Kier alpha value is -1.75. The largest absolute Gasteiger partial charge is 0.354 e. The minimum Gasteiger partial charge on any atom is -0.354 e. The molecule has 1 heterocycles. The maximum atomic E-state index is 14.2. The molecule has 2 aromatic rings. The van der Waals surface area contributed by atoms with Gasteiger partial charge in [0.1, 0.15) is 11.6 Å². The molecule has 0 amide bonds. The van der Waals surface area contributed by atoms with E-state index in [2.05, 4.69) is 34.6 Å². The number of rotatable bonds is 7. The molecule has 0 fully saturated rings. The normalized spacial score (nSPS) is 13.7. The lowest BCUT2D eigenvalue weighted by Crippen LogP contribution is -2.46. The average Bonchev–Trinajstić information content (AvgIpc) is 2.88. The van der Waals surface area contributed by atoms with Crippen LogP contribution in [0.1, 0.15) is 35.5 Å². The van der Waals surface area contributed by atoms with Crippen LogP contribution in [0.5, 0.6) is 0 Å². The monoisotopic (exact) mass is 534 g/mol. The molecule has 0 aliphatic rings. The first-order valence-electron chi connectivity index (χ1n) is 9.72. The fourth-order valence-electron chi connectivity index (χ4n) is 3.46. The highest BCUT2D eigenvalue weighted by Crippen LogP contribution is 2.23. The van der Waals surface area contributed by atoms with Gasteiger partial charge in [-0.2, -0.15) is 5.10 Å². The summed E-state index contributed by atoms with van der Waals surface area (Å²) in [7, 11) is 7.21. The van der Waals surface area contributed by atoms with Crippen LogP contribution in [0.3, 0.4) is 0 Å². The molecule has 0 radical (unpaired) electrons. The molecule has 168 valence electrons. The van der Waals surface area contributed by atoms with Crippen LogP contribution >= 0.6 is 24.0 Å². The number of halogens is 3. The molecule has 0 saturated carbocycles. The van der Waals surface area contributed by atoms with E-state index in [4.69, 9.17) is 0 Å². The number of hydrogen-bond donors (Lipinski definition) is 2. The van der Waals surface area contributed by atoms with Gasteiger partial charge in [0.05, 0.1) is 11.7 Å². The van der Waals surface area contributed by atoms with E-state index in [-0.39, 0.29) is 35.6 Å². The van der Waals surface area contributed by atoms with Gasteiger partial charge in [0, 0.05) is 37.9 Å². The number of aryl methyl sites for hydroxylation is 2. The second-order valence-electron chi connectivity index (χ2n) is 7.59. The highest BCUT2D eigenvalue weighted by atomic mass is 127. The first kappa shape index (κ1) is 26.3. The van der Waals surface area contributed by atoms with Crippen LogP contribution < -0.4 is 10.6 Å². The van der Waals surface area contributed by atoms with Crippen LogP contribution in [0, 0.1) is 25.5 Å². The van der Waals surface area contributed by atoms with E-state index < -0.39 is 17.7 Å². The molecule has 30 heavy (non-hydrogen) atoms. The number of nitrogens with zero attached hydrogens (tertiary/aromatic N) is 4. The molecule has 1 aromatic carbocycles. The molecule has 0 bridgehead atoms. The maximum Gasteiger partial charge on any atom is 0.191 e. The van der Waals surface area contributed by atoms with Crippen molar-refractivity contribution in [2.45, 2.75) is 39.3 Å². The Morgan fingerprint density at radius 2 is 1.83 bits per heavy atom. The van der Waals surface area contributed by atoms with Crippen molar-refractivity contribution in [2.75, 3.05) is 27.7 Å². The van der Waals surface area contributed by atoms with Gasteiger partial charge in [-0.15, -0.1) is 24.0 Å². The van der Waals surface area contributed by atoms with Crippen molar-refractivity contribution in [3.8, 4) is 0 Å². The number of aliphatic imine (C=N–C) groups is 1. The van der Waals surface area contributed by atoms with Gasteiger partial charge < -0.3 is 15.5 Å². The fourth-order valence-corrected chi connectivity index (χ4v) is 3.46. The lowest BCUT2D eigenvalue weighted by molar-refractivity contribution is 0.282. The van der Waals surface area contributed by atoms with Crippen molar-refractivity contribution in [1.29, 1.82) is 0 Å². The van der Waals surface area contributed by atoms with E-state index in [0.717, 1.165) is 17.8 Å². The molecule has 2 atom stereocenters. The molecule has 0 saturated heterocycles. The summed E-state index contributed by atoms with van der Waals surface area (Å²) < 4.78 is 30.4. The predicted molar refractivity (Wildman–Crippen MR) is 129 cm³/mol. The summed E-state index contributed by atoms with van der Waals surface area (Å²) >= 11 is 0. The Morgan fingerprint density at radius 3 is 2.30 bits per heavy atom. The van der Waals surface area contributed by atoms with Gasteiger partial charge in [-0.1, -0.05) is 6.07 Å². The van der Waals surface area contributed by atoms with Crippen molar-refractivity contribution in [1.82, 2.24) is 25.3 Å².